The highest BCUT2D eigenvalue weighted by atomic mass is 16.2. The van der Waals surface area contributed by atoms with E-state index in [0.717, 1.165) is 16.5 Å². The van der Waals surface area contributed by atoms with Crippen molar-refractivity contribution in [2.45, 2.75) is 5.92 Å². The van der Waals surface area contributed by atoms with Crippen molar-refractivity contribution in [3.05, 3.63) is 47.9 Å². The third-order valence-corrected chi connectivity index (χ3v) is 5.02. The summed E-state index contributed by atoms with van der Waals surface area (Å²) in [6.45, 7) is 0.822. The Morgan fingerprint density at radius 2 is 2.08 bits per heavy atom. The Bertz CT molecular complexity index is 975. The van der Waals surface area contributed by atoms with Gasteiger partial charge in [-0.25, -0.2) is 0 Å². The number of benzene rings is 1. The van der Waals surface area contributed by atoms with Crippen molar-refractivity contribution in [1.82, 2.24) is 30.2 Å². The smallest absolute Gasteiger partial charge is 0.275 e. The first kappa shape index (κ1) is 16.3. The number of H-pyrrole nitrogens is 1. The molecule has 4 rings (SSSR count). The number of hydrogen-bond acceptors (Lipinski definition) is 4. The normalized spacial score (nSPS) is 19.8. The molecule has 8 nitrogen and oxygen atoms in total. The fourth-order valence-electron chi connectivity index (χ4n) is 3.67. The molecule has 0 aliphatic carbocycles. The first-order valence-corrected chi connectivity index (χ1v) is 8.51. The molecule has 2 amide bonds. The number of likely N-dealkylation sites (tertiary alicyclic amines) is 1. The molecule has 3 aromatic rings. The van der Waals surface area contributed by atoms with E-state index >= 15 is 0 Å². The average Bonchev–Trinajstić information content (AvgIpc) is 3.37. The summed E-state index contributed by atoms with van der Waals surface area (Å²) in [7, 11) is 3.46. The van der Waals surface area contributed by atoms with E-state index in [1.807, 2.05) is 37.5 Å². The fraction of sp³-hybridized carbons (Fsp3) is 0.333. The number of aryl methyl sites for hydroxylation is 1. The minimum atomic E-state index is -0.307. The van der Waals surface area contributed by atoms with Gasteiger partial charge in [-0.2, -0.15) is 10.2 Å². The van der Waals surface area contributed by atoms with Gasteiger partial charge in [0.2, 0.25) is 5.91 Å². The van der Waals surface area contributed by atoms with Gasteiger partial charge >= 0.3 is 0 Å². The average molecular weight is 352 g/mol. The maximum absolute atomic E-state index is 13.1. The van der Waals surface area contributed by atoms with Crippen molar-refractivity contribution in [2.24, 2.45) is 13.0 Å². The van der Waals surface area contributed by atoms with Gasteiger partial charge in [0.15, 0.2) is 5.69 Å². The van der Waals surface area contributed by atoms with E-state index in [1.54, 1.807) is 22.8 Å². The Morgan fingerprint density at radius 1 is 1.27 bits per heavy atom. The predicted molar refractivity (Wildman–Crippen MR) is 95.5 cm³/mol. The lowest BCUT2D eigenvalue weighted by molar-refractivity contribution is -0.124. The van der Waals surface area contributed by atoms with Crippen molar-refractivity contribution in [3.8, 4) is 0 Å². The highest BCUT2D eigenvalue weighted by Gasteiger charge is 2.41. The van der Waals surface area contributed by atoms with Crippen LogP contribution in [0.3, 0.4) is 0 Å². The SMILES string of the molecule is CNC(=O)[C@H]1CN(C(=O)c2n[nH]c3ccccc23)C[C@@H]1c1cnn(C)c1. The quantitative estimate of drug-likeness (QED) is 0.732. The van der Waals surface area contributed by atoms with Gasteiger partial charge in [0, 0.05) is 44.7 Å². The van der Waals surface area contributed by atoms with Crippen molar-refractivity contribution in [1.29, 1.82) is 0 Å². The first-order chi connectivity index (χ1) is 12.6. The fourth-order valence-corrected chi connectivity index (χ4v) is 3.67. The van der Waals surface area contributed by atoms with Crippen LogP contribution < -0.4 is 5.32 Å². The molecule has 0 unspecified atom stereocenters. The molecule has 1 aliphatic heterocycles. The standard InChI is InChI=1S/C18H20N6O2/c1-19-17(25)14-10-24(9-13(14)11-7-20-23(2)8-11)18(26)16-12-5-3-4-6-15(12)21-22-16/h3-8,13-14H,9-10H2,1-2H3,(H,19,25)(H,21,22)/t13-,14+/m1/s1. The number of fused-ring (bicyclic) bond motifs is 1. The number of amides is 2. The summed E-state index contributed by atoms with van der Waals surface area (Å²) in [6.07, 6.45) is 3.66. The molecular formula is C18H20N6O2. The predicted octanol–water partition coefficient (Wildman–Crippen LogP) is 0.898. The van der Waals surface area contributed by atoms with Crippen molar-refractivity contribution in [2.75, 3.05) is 20.1 Å². The highest BCUT2D eigenvalue weighted by Crippen LogP contribution is 2.34. The molecule has 8 heteroatoms. The van der Waals surface area contributed by atoms with Gasteiger partial charge in [0.1, 0.15) is 0 Å². The van der Waals surface area contributed by atoms with Crippen LogP contribution in [0.2, 0.25) is 0 Å². The van der Waals surface area contributed by atoms with E-state index in [9.17, 15) is 9.59 Å². The van der Waals surface area contributed by atoms with E-state index < -0.39 is 0 Å². The molecule has 0 radical (unpaired) electrons. The molecular weight excluding hydrogens is 332 g/mol. The molecule has 0 bridgehead atoms. The summed E-state index contributed by atoms with van der Waals surface area (Å²) >= 11 is 0. The lowest BCUT2D eigenvalue weighted by atomic mass is 9.90. The van der Waals surface area contributed by atoms with Crippen LogP contribution in [0, 0.1) is 5.92 Å². The van der Waals surface area contributed by atoms with E-state index in [4.69, 9.17) is 0 Å². The Kier molecular flexibility index (Phi) is 3.95. The minimum Gasteiger partial charge on any atom is -0.359 e. The van der Waals surface area contributed by atoms with Crippen molar-refractivity contribution < 1.29 is 9.59 Å². The Labute approximate surface area is 150 Å². The first-order valence-electron chi connectivity index (χ1n) is 8.51. The molecule has 3 heterocycles. The maximum atomic E-state index is 13.1. The molecule has 2 atom stereocenters. The topological polar surface area (TPSA) is 95.9 Å². The van der Waals surface area contributed by atoms with Gasteiger partial charge in [-0.15, -0.1) is 0 Å². The number of hydrogen-bond donors (Lipinski definition) is 2. The van der Waals surface area contributed by atoms with Crippen molar-refractivity contribution >= 4 is 22.7 Å². The second-order valence-electron chi connectivity index (χ2n) is 6.60. The van der Waals surface area contributed by atoms with E-state index in [0.29, 0.717) is 18.8 Å². The largest absolute Gasteiger partial charge is 0.359 e. The lowest BCUT2D eigenvalue weighted by Gasteiger charge is -2.14. The summed E-state index contributed by atoms with van der Waals surface area (Å²) in [6, 6.07) is 7.53. The molecule has 2 N–H and O–H groups in total. The number of aromatic amines is 1. The monoisotopic (exact) mass is 352 g/mol. The summed E-state index contributed by atoms with van der Waals surface area (Å²) in [4.78, 5) is 27.1. The third-order valence-electron chi connectivity index (χ3n) is 5.02. The molecule has 1 aromatic carbocycles. The summed E-state index contributed by atoms with van der Waals surface area (Å²) in [5.41, 5.74) is 2.17. The minimum absolute atomic E-state index is 0.0685. The molecule has 0 spiro atoms. The van der Waals surface area contributed by atoms with Crippen molar-refractivity contribution in [3.63, 3.8) is 0 Å². The Balaban J connectivity index is 1.65. The third kappa shape index (κ3) is 2.63. The van der Waals surface area contributed by atoms with Gasteiger partial charge in [-0.05, 0) is 11.6 Å². The van der Waals surface area contributed by atoms with Crippen LogP contribution in [0.25, 0.3) is 10.9 Å². The van der Waals surface area contributed by atoms with Gasteiger partial charge in [0.25, 0.3) is 5.91 Å². The number of carbonyl (C=O) groups is 2. The molecule has 0 saturated carbocycles. The molecule has 26 heavy (non-hydrogen) atoms. The zero-order valence-corrected chi connectivity index (χ0v) is 14.6. The summed E-state index contributed by atoms with van der Waals surface area (Å²) in [5, 5.41) is 14.8. The number of nitrogens with zero attached hydrogens (tertiary/aromatic N) is 4. The lowest BCUT2D eigenvalue weighted by Crippen LogP contribution is -2.33. The zero-order valence-electron chi connectivity index (χ0n) is 14.6. The van der Waals surface area contributed by atoms with Crippen LogP contribution in [0.5, 0.6) is 0 Å². The molecule has 2 aromatic heterocycles. The number of rotatable bonds is 3. The molecule has 1 saturated heterocycles. The van der Waals surface area contributed by atoms with Gasteiger partial charge in [0.05, 0.1) is 17.6 Å². The van der Waals surface area contributed by atoms with Crippen LogP contribution in [0.1, 0.15) is 22.0 Å². The van der Waals surface area contributed by atoms with E-state index in [-0.39, 0.29) is 23.7 Å². The second-order valence-corrected chi connectivity index (χ2v) is 6.60. The Hall–Kier alpha value is -3.16. The molecule has 1 aliphatic rings. The van der Waals surface area contributed by atoms with Gasteiger partial charge in [-0.1, -0.05) is 18.2 Å². The van der Waals surface area contributed by atoms with E-state index in [1.165, 1.54) is 0 Å². The van der Waals surface area contributed by atoms with Crippen LogP contribution in [-0.2, 0) is 11.8 Å². The van der Waals surface area contributed by atoms with Crippen LogP contribution in [-0.4, -0.2) is 56.8 Å². The van der Waals surface area contributed by atoms with Gasteiger partial charge < -0.3 is 10.2 Å². The number of para-hydroxylation sites is 1. The van der Waals surface area contributed by atoms with Gasteiger partial charge in [-0.3, -0.25) is 19.4 Å². The molecule has 134 valence electrons. The Morgan fingerprint density at radius 3 is 2.81 bits per heavy atom. The highest BCUT2D eigenvalue weighted by molar-refractivity contribution is 6.05. The number of carbonyl (C=O) groups excluding carboxylic acids is 2. The van der Waals surface area contributed by atoms with E-state index in [2.05, 4.69) is 20.6 Å². The molecule has 1 fully saturated rings. The second kappa shape index (κ2) is 6.29. The van der Waals surface area contributed by atoms with Crippen LogP contribution in [0.15, 0.2) is 36.7 Å². The van der Waals surface area contributed by atoms with Crippen LogP contribution >= 0.6 is 0 Å². The summed E-state index contributed by atoms with van der Waals surface area (Å²) < 4.78 is 1.71. The summed E-state index contributed by atoms with van der Waals surface area (Å²) in [5.74, 6) is -0.625. The van der Waals surface area contributed by atoms with Crippen LogP contribution in [0.4, 0.5) is 0 Å². The number of nitrogens with one attached hydrogen (secondary N) is 2. The zero-order chi connectivity index (χ0) is 18.3. The maximum Gasteiger partial charge on any atom is 0.275 e. The number of aromatic nitrogens is 4.